The van der Waals surface area contributed by atoms with Gasteiger partial charge in [-0.3, -0.25) is 33.7 Å². The highest BCUT2D eigenvalue weighted by Gasteiger charge is 2.35. The normalized spacial score (nSPS) is 14.4. The Hall–Kier alpha value is -5.50. The third-order valence-corrected chi connectivity index (χ3v) is 12.2. The van der Waals surface area contributed by atoms with Crippen molar-refractivity contribution in [3.63, 3.8) is 0 Å². The van der Waals surface area contributed by atoms with Gasteiger partial charge in [-0.25, -0.2) is 26.3 Å². The van der Waals surface area contributed by atoms with Crippen molar-refractivity contribution in [2.75, 3.05) is 32.6 Å². The second-order valence-electron chi connectivity index (χ2n) is 16.4. The first-order chi connectivity index (χ1) is 30.1. The SMILES string of the molecule is CNC(=O)[C@H](Cc1ccccc1)NC(=O)[C@H](CC(C)C)NS(=O)(=O)CCCCN1C(=O)c2ccccc2C1=O.CNC(=O)[C@H](Cc1ccccc1)NC(=O)[C@H](CC(C)C)NS(C)(=O)=O. The van der Waals surface area contributed by atoms with E-state index in [4.69, 9.17) is 0 Å². The van der Waals surface area contributed by atoms with Crippen LogP contribution in [0.15, 0.2) is 84.9 Å². The maximum atomic E-state index is 13.2. The number of likely N-dealkylation sites (N-methyl/N-ethyl adjacent to an activating group) is 2. The molecule has 19 heteroatoms. The van der Waals surface area contributed by atoms with Crippen LogP contribution in [0.3, 0.4) is 0 Å². The highest BCUT2D eigenvalue weighted by molar-refractivity contribution is 7.89. The Morgan fingerprint density at radius 2 is 0.938 bits per heavy atom. The van der Waals surface area contributed by atoms with Crippen LogP contribution < -0.4 is 30.7 Å². The highest BCUT2D eigenvalue weighted by atomic mass is 32.2. The molecule has 0 aromatic heterocycles. The maximum Gasteiger partial charge on any atom is 0.261 e. The van der Waals surface area contributed by atoms with Gasteiger partial charge in [-0.1, -0.05) is 100 Å². The first-order valence-corrected chi connectivity index (χ1v) is 24.7. The predicted octanol–water partition coefficient (Wildman–Crippen LogP) is 2.29. The summed E-state index contributed by atoms with van der Waals surface area (Å²) in [4.78, 5) is 76.4. The van der Waals surface area contributed by atoms with Gasteiger partial charge in [-0.05, 0) is 60.8 Å². The molecule has 0 radical (unpaired) electrons. The monoisotopic (exact) mass is 925 g/mol. The molecular weight excluding hydrogens is 863 g/mol. The van der Waals surface area contributed by atoms with E-state index >= 15 is 0 Å². The van der Waals surface area contributed by atoms with E-state index in [9.17, 15) is 45.6 Å². The van der Waals surface area contributed by atoms with Crippen molar-refractivity contribution in [2.24, 2.45) is 11.8 Å². The quantitative estimate of drug-likeness (QED) is 0.0599. The van der Waals surface area contributed by atoms with Crippen molar-refractivity contribution >= 4 is 55.5 Å². The molecule has 0 aliphatic carbocycles. The minimum absolute atomic E-state index is 0.00449. The number of hydrogen-bond acceptors (Lipinski definition) is 10. The lowest BCUT2D eigenvalue weighted by Crippen LogP contribution is -2.54. The number of imide groups is 1. The number of hydrogen-bond donors (Lipinski definition) is 6. The fraction of sp³-hybridized carbons (Fsp3) is 0.467. The molecule has 3 aromatic carbocycles. The average molecular weight is 926 g/mol. The Balaban J connectivity index is 0.000000376. The lowest BCUT2D eigenvalue weighted by Gasteiger charge is -2.24. The van der Waals surface area contributed by atoms with Crippen LogP contribution in [0.25, 0.3) is 0 Å². The molecule has 1 aliphatic heterocycles. The first kappa shape index (κ1) is 52.8. The molecule has 0 fully saturated rings. The minimum Gasteiger partial charge on any atom is -0.357 e. The van der Waals surface area contributed by atoms with Gasteiger partial charge in [0.05, 0.1) is 23.1 Å². The Morgan fingerprint density at radius 3 is 1.31 bits per heavy atom. The van der Waals surface area contributed by atoms with E-state index in [0.717, 1.165) is 22.3 Å². The van der Waals surface area contributed by atoms with E-state index in [0.29, 0.717) is 30.4 Å². The minimum atomic E-state index is -3.87. The number of fused-ring (bicyclic) bond motifs is 1. The topological polar surface area (TPSA) is 246 Å². The van der Waals surface area contributed by atoms with Gasteiger partial charge < -0.3 is 21.3 Å². The summed E-state index contributed by atoms with van der Waals surface area (Å²) in [6, 6.07) is 21.4. The van der Waals surface area contributed by atoms with Crippen molar-refractivity contribution in [3.05, 3.63) is 107 Å². The number of benzene rings is 3. The summed E-state index contributed by atoms with van der Waals surface area (Å²) < 4.78 is 53.6. The fourth-order valence-corrected chi connectivity index (χ4v) is 8.97. The Labute approximate surface area is 377 Å². The summed E-state index contributed by atoms with van der Waals surface area (Å²) >= 11 is 0. The van der Waals surface area contributed by atoms with Crippen LogP contribution >= 0.6 is 0 Å². The summed E-state index contributed by atoms with van der Waals surface area (Å²) in [6.07, 6.45) is 2.64. The largest absolute Gasteiger partial charge is 0.357 e. The zero-order chi connectivity index (χ0) is 47.6. The van der Waals surface area contributed by atoms with Crippen molar-refractivity contribution in [2.45, 2.75) is 90.4 Å². The molecule has 1 aliphatic rings. The molecule has 0 saturated carbocycles. The van der Waals surface area contributed by atoms with Gasteiger partial charge in [0, 0.05) is 33.5 Å². The van der Waals surface area contributed by atoms with E-state index in [1.54, 1.807) is 24.3 Å². The molecule has 0 saturated heterocycles. The van der Waals surface area contributed by atoms with Crippen molar-refractivity contribution in [3.8, 4) is 0 Å². The molecule has 350 valence electrons. The highest BCUT2D eigenvalue weighted by Crippen LogP contribution is 2.23. The van der Waals surface area contributed by atoms with Gasteiger partial charge in [-0.15, -0.1) is 0 Å². The molecule has 0 spiro atoms. The molecular formula is C45H63N7O10S2. The van der Waals surface area contributed by atoms with E-state index in [1.165, 1.54) is 14.1 Å². The fourth-order valence-electron chi connectivity index (χ4n) is 6.91. The molecule has 4 rings (SSSR count). The summed E-state index contributed by atoms with van der Waals surface area (Å²) in [7, 11) is -4.45. The molecule has 0 bridgehead atoms. The summed E-state index contributed by atoms with van der Waals surface area (Å²) in [5, 5.41) is 10.4. The summed E-state index contributed by atoms with van der Waals surface area (Å²) in [5.74, 6) is -2.74. The molecule has 64 heavy (non-hydrogen) atoms. The number of carbonyl (C=O) groups is 6. The smallest absolute Gasteiger partial charge is 0.261 e. The van der Waals surface area contributed by atoms with E-state index in [-0.39, 0.29) is 67.0 Å². The van der Waals surface area contributed by atoms with Crippen molar-refractivity contribution in [1.82, 2.24) is 35.6 Å². The third kappa shape index (κ3) is 17.6. The Kier molecular flexibility index (Phi) is 20.7. The van der Waals surface area contributed by atoms with Gasteiger partial charge >= 0.3 is 0 Å². The summed E-state index contributed by atoms with van der Waals surface area (Å²) in [6.45, 7) is 7.63. The van der Waals surface area contributed by atoms with Gasteiger partial charge in [0.15, 0.2) is 0 Å². The molecule has 17 nitrogen and oxygen atoms in total. The number of nitrogens with zero attached hydrogens (tertiary/aromatic N) is 1. The maximum absolute atomic E-state index is 13.2. The van der Waals surface area contributed by atoms with Crippen LogP contribution in [0.2, 0.25) is 0 Å². The number of carbonyl (C=O) groups excluding carboxylic acids is 6. The molecule has 4 atom stereocenters. The molecule has 3 aromatic rings. The van der Waals surface area contributed by atoms with E-state index in [1.807, 2.05) is 88.4 Å². The van der Waals surface area contributed by atoms with E-state index < -0.39 is 56.0 Å². The van der Waals surface area contributed by atoms with Crippen LogP contribution in [0.4, 0.5) is 0 Å². The molecule has 0 unspecified atom stereocenters. The van der Waals surface area contributed by atoms with Gasteiger partial charge in [0.2, 0.25) is 43.7 Å². The lowest BCUT2D eigenvalue weighted by molar-refractivity contribution is -0.129. The first-order valence-electron chi connectivity index (χ1n) is 21.2. The van der Waals surface area contributed by atoms with E-state index in [2.05, 4.69) is 30.7 Å². The predicted molar refractivity (Wildman–Crippen MR) is 245 cm³/mol. The molecule has 1 heterocycles. The van der Waals surface area contributed by atoms with Crippen LogP contribution in [0, 0.1) is 11.8 Å². The second kappa shape index (κ2) is 25.1. The summed E-state index contributed by atoms with van der Waals surface area (Å²) in [5.41, 5.74) is 2.45. The number of nitrogens with one attached hydrogen (secondary N) is 6. The standard InChI is InChI=1S/C28H36N4O6S.C17H27N3O4S/c1-19(2)17-24(26(34)30-23(25(33)29-3)18-20-11-5-4-6-12-20)31-39(37,38)16-10-9-15-32-27(35)21-13-7-8-14-22(21)28(32)36;1-12(2)10-15(20-25(4,23)24)17(22)19-14(16(21)18-3)11-13-8-6-5-7-9-13/h4-8,11-14,19,23-24,31H,9-10,15-18H2,1-3H3,(H,29,33)(H,30,34);5-9,12,14-15,20H,10-11H2,1-4H3,(H,18,21)(H,19,22)/t23-,24-;14-,15-/m00/s1. The average Bonchev–Trinajstić information content (AvgIpc) is 3.48. The Morgan fingerprint density at radius 1 is 0.547 bits per heavy atom. The Bertz CT molecular complexity index is 2240. The zero-order valence-corrected chi connectivity index (χ0v) is 39.2. The number of rotatable bonds is 23. The van der Waals surface area contributed by atoms with Crippen molar-refractivity contribution in [1.29, 1.82) is 0 Å². The van der Waals surface area contributed by atoms with Gasteiger partial charge in [0.1, 0.15) is 24.2 Å². The number of sulfonamides is 2. The molecule has 6 N–H and O–H groups in total. The second-order valence-corrected chi connectivity index (χ2v) is 20.1. The van der Waals surface area contributed by atoms with Gasteiger partial charge in [0.25, 0.3) is 11.8 Å². The van der Waals surface area contributed by atoms with Crippen molar-refractivity contribution < 1.29 is 45.6 Å². The van der Waals surface area contributed by atoms with Crippen LogP contribution in [-0.2, 0) is 52.1 Å². The van der Waals surface area contributed by atoms with Crippen LogP contribution in [0.1, 0.15) is 85.2 Å². The van der Waals surface area contributed by atoms with Crippen LogP contribution in [-0.4, -0.2) is 114 Å². The van der Waals surface area contributed by atoms with Crippen LogP contribution in [0.5, 0.6) is 0 Å². The lowest BCUT2D eigenvalue weighted by atomic mass is 10.0. The molecule has 6 amide bonds. The number of unbranched alkanes of at least 4 members (excludes halogenated alkanes) is 1. The third-order valence-electron chi connectivity index (χ3n) is 9.97. The van der Waals surface area contributed by atoms with Gasteiger partial charge in [-0.2, -0.15) is 0 Å². The number of amides is 6. The zero-order valence-electron chi connectivity index (χ0n) is 37.6.